The van der Waals surface area contributed by atoms with Crippen LogP contribution >= 0.6 is 0 Å². The van der Waals surface area contributed by atoms with Gasteiger partial charge in [-0.3, -0.25) is 14.5 Å². The number of likely N-dealkylation sites (tertiary alicyclic amines) is 1. The van der Waals surface area contributed by atoms with Crippen molar-refractivity contribution < 1.29 is 0 Å². The van der Waals surface area contributed by atoms with E-state index in [0.717, 1.165) is 78.6 Å². The number of nitrogens with one attached hydrogen (secondary N) is 1. The highest BCUT2D eigenvalue weighted by Crippen LogP contribution is 2.33. The van der Waals surface area contributed by atoms with Gasteiger partial charge < -0.3 is 4.90 Å². The average molecular weight is 551 g/mol. The minimum absolute atomic E-state index is 0.402. The lowest BCUT2D eigenvalue weighted by Crippen LogP contribution is -2.34. The maximum Gasteiger partial charge on any atom is 0.199 e. The molecule has 0 spiro atoms. The quantitative estimate of drug-likeness (QED) is 0.256. The van der Waals surface area contributed by atoms with Crippen molar-refractivity contribution in [2.75, 3.05) is 19.6 Å². The third kappa shape index (κ3) is 5.18. The Morgan fingerprint density at radius 1 is 0.881 bits per heavy atom. The molecule has 8 nitrogen and oxygen atoms in total. The first kappa shape index (κ1) is 25.8. The number of hydrogen-bond donors (Lipinski definition) is 1. The monoisotopic (exact) mass is 550 g/mol. The summed E-state index contributed by atoms with van der Waals surface area (Å²) < 4.78 is 2.07. The van der Waals surface area contributed by atoms with Gasteiger partial charge in [-0.2, -0.15) is 10.4 Å². The van der Waals surface area contributed by atoms with E-state index in [2.05, 4.69) is 66.9 Å². The molecule has 0 amide bonds. The molecule has 6 aromatic rings. The molecule has 8 heteroatoms. The molecule has 0 saturated carbocycles. The Labute approximate surface area is 244 Å². The first-order chi connectivity index (χ1) is 20.7. The molecular weight excluding hydrogens is 520 g/mol. The standard InChI is InChI=1S/C34H30N8/c35-23-25-14-21-42-30(22-25)37-31(32(42)27-6-2-1-3-7-27)26-11-9-24(10-12-26)13-18-41-19-15-28(16-20-41)33-38-34(40-39-33)29-8-4-5-17-36-29/h1-12,14,17,21-22,28H,13,15-16,18-20H2,(H,38,39,40). The number of pyridine rings is 2. The maximum atomic E-state index is 9.39. The normalized spacial score (nSPS) is 14.3. The molecule has 2 aromatic carbocycles. The summed E-state index contributed by atoms with van der Waals surface area (Å²) in [5, 5.41) is 16.9. The van der Waals surface area contributed by atoms with Gasteiger partial charge in [-0.1, -0.05) is 60.7 Å². The molecule has 4 aromatic heterocycles. The molecule has 0 unspecified atom stereocenters. The highest BCUT2D eigenvalue weighted by molar-refractivity contribution is 5.82. The number of aromatic amines is 1. The minimum atomic E-state index is 0.402. The minimum Gasteiger partial charge on any atom is -0.303 e. The zero-order chi connectivity index (χ0) is 28.3. The molecule has 42 heavy (non-hydrogen) atoms. The van der Waals surface area contributed by atoms with E-state index in [9.17, 15) is 5.26 Å². The number of piperidine rings is 1. The zero-order valence-electron chi connectivity index (χ0n) is 23.2. The molecule has 1 fully saturated rings. The number of nitriles is 1. The topological polar surface area (TPSA) is 98.8 Å². The van der Waals surface area contributed by atoms with E-state index >= 15 is 0 Å². The van der Waals surface area contributed by atoms with Crippen LogP contribution in [0.1, 0.15) is 35.7 Å². The Morgan fingerprint density at radius 3 is 2.45 bits per heavy atom. The molecule has 1 aliphatic heterocycles. The molecule has 5 heterocycles. The first-order valence-corrected chi connectivity index (χ1v) is 14.4. The molecule has 0 bridgehead atoms. The van der Waals surface area contributed by atoms with Crippen LogP contribution < -0.4 is 0 Å². The number of hydrogen-bond acceptors (Lipinski definition) is 6. The third-order valence-electron chi connectivity index (χ3n) is 8.12. The number of aromatic nitrogens is 6. The lowest BCUT2D eigenvalue weighted by molar-refractivity contribution is 0.211. The van der Waals surface area contributed by atoms with Gasteiger partial charge in [0.1, 0.15) is 17.2 Å². The predicted molar refractivity (Wildman–Crippen MR) is 163 cm³/mol. The number of nitrogens with zero attached hydrogens (tertiary/aromatic N) is 7. The Balaban J connectivity index is 1.01. The van der Waals surface area contributed by atoms with Gasteiger partial charge >= 0.3 is 0 Å². The molecule has 0 atom stereocenters. The lowest BCUT2D eigenvalue weighted by atomic mass is 9.95. The lowest BCUT2D eigenvalue weighted by Gasteiger charge is -2.30. The second-order valence-electron chi connectivity index (χ2n) is 10.8. The Bertz CT molecular complexity index is 1840. The summed E-state index contributed by atoms with van der Waals surface area (Å²) in [6.07, 6.45) is 6.84. The molecule has 206 valence electrons. The predicted octanol–water partition coefficient (Wildman–Crippen LogP) is 6.14. The fraction of sp³-hybridized carbons (Fsp3) is 0.206. The number of fused-ring (bicyclic) bond motifs is 1. The van der Waals surface area contributed by atoms with Crippen LogP contribution in [-0.2, 0) is 6.42 Å². The number of H-pyrrole nitrogens is 1. The van der Waals surface area contributed by atoms with Gasteiger partial charge in [0.15, 0.2) is 5.82 Å². The molecule has 1 N–H and O–H groups in total. The van der Waals surface area contributed by atoms with Crippen LogP contribution in [0.25, 0.3) is 39.7 Å². The molecule has 0 aliphatic carbocycles. The van der Waals surface area contributed by atoms with Gasteiger partial charge in [0.2, 0.25) is 0 Å². The van der Waals surface area contributed by atoms with Crippen molar-refractivity contribution in [3.63, 3.8) is 0 Å². The SMILES string of the molecule is N#Cc1ccn2c(-c3ccccc3)c(-c3ccc(CCN4CCC(c5nc(-c6ccccn6)n[nH]5)CC4)cc3)nc2c1. The van der Waals surface area contributed by atoms with Crippen molar-refractivity contribution in [2.45, 2.75) is 25.2 Å². The summed E-state index contributed by atoms with van der Waals surface area (Å²) in [6, 6.07) is 30.8. The Hall–Kier alpha value is -5.13. The fourth-order valence-electron chi connectivity index (χ4n) is 5.80. The van der Waals surface area contributed by atoms with Crippen LogP contribution in [0.2, 0.25) is 0 Å². The molecule has 1 aliphatic rings. The maximum absolute atomic E-state index is 9.39. The van der Waals surface area contributed by atoms with Crippen molar-refractivity contribution in [3.8, 4) is 40.1 Å². The van der Waals surface area contributed by atoms with Crippen LogP contribution in [0.15, 0.2) is 97.3 Å². The van der Waals surface area contributed by atoms with Crippen LogP contribution in [0.5, 0.6) is 0 Å². The zero-order valence-corrected chi connectivity index (χ0v) is 23.2. The second-order valence-corrected chi connectivity index (χ2v) is 10.8. The Kier molecular flexibility index (Phi) is 7.00. The average Bonchev–Trinajstić information content (AvgIpc) is 3.71. The molecule has 1 saturated heterocycles. The van der Waals surface area contributed by atoms with Crippen molar-refractivity contribution in [3.05, 3.63) is 114 Å². The van der Waals surface area contributed by atoms with E-state index < -0.39 is 0 Å². The fourth-order valence-corrected chi connectivity index (χ4v) is 5.80. The highest BCUT2D eigenvalue weighted by atomic mass is 15.2. The smallest absolute Gasteiger partial charge is 0.199 e. The van der Waals surface area contributed by atoms with Gasteiger partial charge in [-0.25, -0.2) is 9.97 Å². The summed E-state index contributed by atoms with van der Waals surface area (Å²) in [6.45, 7) is 3.13. The van der Waals surface area contributed by atoms with Crippen LogP contribution in [0, 0.1) is 11.3 Å². The summed E-state index contributed by atoms with van der Waals surface area (Å²) in [7, 11) is 0. The van der Waals surface area contributed by atoms with Crippen LogP contribution in [-0.4, -0.2) is 54.1 Å². The van der Waals surface area contributed by atoms with Crippen molar-refractivity contribution in [1.82, 2.24) is 34.4 Å². The summed E-state index contributed by atoms with van der Waals surface area (Å²) in [4.78, 5) is 16.6. The van der Waals surface area contributed by atoms with E-state index in [1.165, 1.54) is 5.56 Å². The van der Waals surface area contributed by atoms with Crippen molar-refractivity contribution >= 4 is 5.65 Å². The van der Waals surface area contributed by atoms with Gasteiger partial charge in [0.25, 0.3) is 0 Å². The second kappa shape index (κ2) is 11.4. The molecular formula is C34H30N8. The summed E-state index contributed by atoms with van der Waals surface area (Å²) in [5.74, 6) is 2.04. The largest absolute Gasteiger partial charge is 0.303 e. The molecule has 0 radical (unpaired) electrons. The van der Waals surface area contributed by atoms with E-state index in [-0.39, 0.29) is 0 Å². The van der Waals surface area contributed by atoms with Gasteiger partial charge in [0.05, 0.1) is 23.0 Å². The van der Waals surface area contributed by atoms with Crippen LogP contribution in [0.4, 0.5) is 0 Å². The number of benzene rings is 2. The van der Waals surface area contributed by atoms with Crippen molar-refractivity contribution in [1.29, 1.82) is 5.26 Å². The number of imidazole rings is 1. The summed E-state index contributed by atoms with van der Waals surface area (Å²) >= 11 is 0. The van der Waals surface area contributed by atoms with Gasteiger partial charge in [-0.15, -0.1) is 0 Å². The van der Waals surface area contributed by atoms with Crippen molar-refractivity contribution in [2.24, 2.45) is 0 Å². The Morgan fingerprint density at radius 2 is 1.69 bits per heavy atom. The van der Waals surface area contributed by atoms with Gasteiger partial charge in [0, 0.05) is 36.0 Å². The van der Waals surface area contributed by atoms with E-state index in [4.69, 9.17) is 9.97 Å². The molecule has 7 rings (SSSR count). The van der Waals surface area contributed by atoms with Crippen LogP contribution in [0.3, 0.4) is 0 Å². The third-order valence-corrected chi connectivity index (χ3v) is 8.12. The summed E-state index contributed by atoms with van der Waals surface area (Å²) in [5.41, 5.74) is 7.60. The number of rotatable bonds is 7. The van der Waals surface area contributed by atoms with E-state index in [1.807, 2.05) is 54.7 Å². The first-order valence-electron chi connectivity index (χ1n) is 14.4. The van der Waals surface area contributed by atoms with Gasteiger partial charge in [-0.05, 0) is 62.2 Å². The van der Waals surface area contributed by atoms with E-state index in [1.54, 1.807) is 6.20 Å². The van der Waals surface area contributed by atoms with E-state index in [0.29, 0.717) is 17.3 Å². The highest BCUT2D eigenvalue weighted by Gasteiger charge is 2.24.